The third-order valence-electron chi connectivity index (χ3n) is 4.27. The molecule has 1 aliphatic rings. The second-order valence-corrected chi connectivity index (χ2v) is 6.00. The highest BCUT2D eigenvalue weighted by Gasteiger charge is 2.32. The molecule has 1 aromatic heterocycles. The molecule has 5 nitrogen and oxygen atoms in total. The fraction of sp³-hybridized carbons (Fsp3) is 0.750. The summed E-state index contributed by atoms with van der Waals surface area (Å²) in [6, 6.07) is 1.75. The number of aliphatic hydroxyl groups is 1. The summed E-state index contributed by atoms with van der Waals surface area (Å²) < 4.78 is 5.49. The third kappa shape index (κ3) is 4.84. The molecule has 0 spiro atoms. The van der Waals surface area contributed by atoms with Gasteiger partial charge in [-0.1, -0.05) is 20.3 Å². The summed E-state index contributed by atoms with van der Waals surface area (Å²) in [5, 5.41) is 13.8. The molecular formula is C16H27N3O2. The highest BCUT2D eigenvalue weighted by molar-refractivity contribution is 5.28. The van der Waals surface area contributed by atoms with Crippen molar-refractivity contribution in [1.29, 1.82) is 0 Å². The summed E-state index contributed by atoms with van der Waals surface area (Å²) in [5.41, 5.74) is -0.630. The number of hydrogen-bond donors (Lipinski definition) is 2. The molecule has 21 heavy (non-hydrogen) atoms. The maximum Gasteiger partial charge on any atom is 0.226 e. The van der Waals surface area contributed by atoms with E-state index < -0.39 is 5.60 Å². The highest BCUT2D eigenvalue weighted by Crippen LogP contribution is 2.33. The van der Waals surface area contributed by atoms with Crippen LogP contribution in [0.1, 0.15) is 52.4 Å². The zero-order valence-corrected chi connectivity index (χ0v) is 13.1. The molecule has 0 atom stereocenters. The molecular weight excluding hydrogens is 266 g/mol. The Labute approximate surface area is 127 Å². The maximum atomic E-state index is 10.6. The van der Waals surface area contributed by atoms with Crippen LogP contribution in [0.25, 0.3) is 0 Å². The molecule has 0 saturated heterocycles. The minimum absolute atomic E-state index is 0.501. The third-order valence-corrected chi connectivity index (χ3v) is 4.27. The van der Waals surface area contributed by atoms with Gasteiger partial charge in [-0.2, -0.15) is 4.98 Å². The van der Waals surface area contributed by atoms with Gasteiger partial charge in [0.1, 0.15) is 0 Å². The van der Waals surface area contributed by atoms with Crippen molar-refractivity contribution in [2.24, 2.45) is 5.92 Å². The second-order valence-electron chi connectivity index (χ2n) is 6.00. The van der Waals surface area contributed by atoms with E-state index in [1.165, 1.54) is 6.42 Å². The van der Waals surface area contributed by atoms with Gasteiger partial charge in [-0.15, -0.1) is 0 Å². The average Bonchev–Trinajstić information content (AvgIpc) is 2.52. The van der Waals surface area contributed by atoms with Crippen molar-refractivity contribution in [2.45, 2.75) is 58.0 Å². The summed E-state index contributed by atoms with van der Waals surface area (Å²) >= 11 is 0. The highest BCUT2D eigenvalue weighted by atomic mass is 16.5. The lowest BCUT2D eigenvalue weighted by Gasteiger charge is -2.35. The van der Waals surface area contributed by atoms with Gasteiger partial charge in [-0.05, 0) is 38.0 Å². The van der Waals surface area contributed by atoms with E-state index in [9.17, 15) is 5.11 Å². The van der Waals surface area contributed by atoms with E-state index in [2.05, 4.69) is 29.1 Å². The minimum Gasteiger partial charge on any atom is -0.478 e. The van der Waals surface area contributed by atoms with Crippen LogP contribution in [0, 0.1) is 5.92 Å². The lowest BCUT2D eigenvalue weighted by molar-refractivity contribution is 0.00215. The van der Waals surface area contributed by atoms with E-state index in [0.717, 1.165) is 38.0 Å². The molecule has 0 radical (unpaired) electrons. The van der Waals surface area contributed by atoms with Gasteiger partial charge >= 0.3 is 0 Å². The predicted octanol–water partition coefficient (Wildman–Crippen LogP) is 3.01. The van der Waals surface area contributed by atoms with Crippen LogP contribution in [-0.2, 0) is 0 Å². The zero-order chi connectivity index (χ0) is 15.1. The first-order valence-corrected chi connectivity index (χ1v) is 8.07. The summed E-state index contributed by atoms with van der Waals surface area (Å²) in [7, 11) is 0. The Morgan fingerprint density at radius 2 is 2.14 bits per heavy atom. The molecule has 118 valence electrons. The van der Waals surface area contributed by atoms with Crippen molar-refractivity contribution in [1.82, 2.24) is 9.97 Å². The first kappa shape index (κ1) is 16.0. The molecule has 1 fully saturated rings. The summed E-state index contributed by atoms with van der Waals surface area (Å²) in [6.07, 6.45) is 7.76. The smallest absolute Gasteiger partial charge is 0.226 e. The summed E-state index contributed by atoms with van der Waals surface area (Å²) in [4.78, 5) is 8.48. The molecule has 0 unspecified atom stereocenters. The maximum absolute atomic E-state index is 10.6. The Balaban J connectivity index is 1.85. The number of anilines is 1. The zero-order valence-electron chi connectivity index (χ0n) is 13.1. The van der Waals surface area contributed by atoms with Crippen molar-refractivity contribution in [3.8, 4) is 5.88 Å². The number of rotatable bonds is 7. The van der Waals surface area contributed by atoms with Crippen LogP contribution in [0.5, 0.6) is 5.88 Å². The lowest BCUT2D eigenvalue weighted by atomic mass is 9.78. The molecule has 1 saturated carbocycles. The topological polar surface area (TPSA) is 67.3 Å². The number of hydrogen-bond acceptors (Lipinski definition) is 5. The number of nitrogens with one attached hydrogen (secondary N) is 1. The second kappa shape index (κ2) is 7.59. The van der Waals surface area contributed by atoms with Gasteiger partial charge in [0.2, 0.25) is 11.8 Å². The predicted molar refractivity (Wildman–Crippen MR) is 83.5 cm³/mol. The van der Waals surface area contributed by atoms with E-state index in [-0.39, 0.29) is 0 Å². The Hall–Kier alpha value is -1.36. The van der Waals surface area contributed by atoms with Crippen LogP contribution in [0.2, 0.25) is 0 Å². The van der Waals surface area contributed by atoms with Crippen LogP contribution < -0.4 is 10.1 Å². The van der Waals surface area contributed by atoms with Gasteiger partial charge in [0.15, 0.2) is 0 Å². The standard InChI is InChI=1S/C16H27N3O2/c1-3-11-21-14-7-10-17-15(19-14)18-12-16(20)8-5-13(4-2)6-9-16/h7,10,13,20H,3-6,8-9,11-12H2,1-2H3,(H,17,18,19). The SMILES string of the molecule is CCCOc1ccnc(NCC2(O)CCC(CC)CC2)n1. The normalized spacial score (nSPS) is 25.6. The van der Waals surface area contributed by atoms with E-state index in [4.69, 9.17) is 4.74 Å². The van der Waals surface area contributed by atoms with E-state index >= 15 is 0 Å². The monoisotopic (exact) mass is 293 g/mol. The number of aromatic nitrogens is 2. The van der Waals surface area contributed by atoms with Crippen LogP contribution in [0.4, 0.5) is 5.95 Å². The van der Waals surface area contributed by atoms with Gasteiger partial charge in [-0.25, -0.2) is 4.98 Å². The molecule has 0 aliphatic heterocycles. The van der Waals surface area contributed by atoms with Crippen molar-refractivity contribution in [3.05, 3.63) is 12.3 Å². The largest absolute Gasteiger partial charge is 0.478 e. The summed E-state index contributed by atoms with van der Waals surface area (Å²) in [6.45, 7) is 5.44. The molecule has 0 aromatic carbocycles. The Morgan fingerprint density at radius 3 is 2.81 bits per heavy atom. The molecule has 1 aliphatic carbocycles. The van der Waals surface area contributed by atoms with Crippen molar-refractivity contribution < 1.29 is 9.84 Å². The van der Waals surface area contributed by atoms with E-state index in [1.54, 1.807) is 12.3 Å². The fourth-order valence-corrected chi connectivity index (χ4v) is 2.76. The molecule has 1 heterocycles. The van der Waals surface area contributed by atoms with Crippen LogP contribution in [0.3, 0.4) is 0 Å². The number of ether oxygens (including phenoxy) is 1. The van der Waals surface area contributed by atoms with E-state index in [1.807, 2.05) is 0 Å². The van der Waals surface area contributed by atoms with Crippen LogP contribution in [-0.4, -0.2) is 33.8 Å². The average molecular weight is 293 g/mol. The summed E-state index contributed by atoms with van der Waals surface area (Å²) in [5.74, 6) is 1.87. The van der Waals surface area contributed by atoms with Crippen LogP contribution >= 0.6 is 0 Å². The van der Waals surface area contributed by atoms with Gasteiger partial charge in [0, 0.05) is 18.8 Å². The van der Waals surface area contributed by atoms with Gasteiger partial charge in [0.05, 0.1) is 12.2 Å². The fourth-order valence-electron chi connectivity index (χ4n) is 2.76. The van der Waals surface area contributed by atoms with Gasteiger partial charge < -0.3 is 15.2 Å². The van der Waals surface area contributed by atoms with Gasteiger partial charge in [0.25, 0.3) is 0 Å². The lowest BCUT2D eigenvalue weighted by Crippen LogP contribution is -2.40. The minimum atomic E-state index is -0.630. The number of nitrogens with zero attached hydrogens (tertiary/aromatic N) is 2. The Bertz CT molecular complexity index is 431. The first-order chi connectivity index (χ1) is 10.1. The Morgan fingerprint density at radius 1 is 1.38 bits per heavy atom. The molecule has 5 heteroatoms. The molecule has 0 amide bonds. The quantitative estimate of drug-likeness (QED) is 0.809. The molecule has 2 N–H and O–H groups in total. The van der Waals surface area contributed by atoms with Crippen molar-refractivity contribution in [2.75, 3.05) is 18.5 Å². The molecule has 2 rings (SSSR count). The molecule has 1 aromatic rings. The van der Waals surface area contributed by atoms with E-state index in [0.29, 0.717) is 25.0 Å². The Kier molecular flexibility index (Phi) is 5.79. The van der Waals surface area contributed by atoms with Crippen molar-refractivity contribution >= 4 is 5.95 Å². The first-order valence-electron chi connectivity index (χ1n) is 8.07. The molecule has 0 bridgehead atoms. The van der Waals surface area contributed by atoms with Crippen LogP contribution in [0.15, 0.2) is 12.3 Å². The van der Waals surface area contributed by atoms with Gasteiger partial charge in [-0.3, -0.25) is 0 Å². The van der Waals surface area contributed by atoms with Crippen molar-refractivity contribution in [3.63, 3.8) is 0 Å².